The second-order valence-electron chi connectivity index (χ2n) is 6.84. The molecule has 162 valence electrons. The molecule has 1 fully saturated rings. The smallest absolute Gasteiger partial charge is 0.409 e. The minimum Gasteiger partial charge on any atom is -0.465 e. The third-order valence-electron chi connectivity index (χ3n) is 4.95. The SMILES string of the molecule is CCOC(=O)[C@@H]1C(=O)NC(N2CCN(C(=O)OCC)CC2)=N[C@H]1c1ccc(Cl)cc1. The number of nitrogens with one attached hydrogen (secondary N) is 1. The van der Waals surface area contributed by atoms with Crippen molar-refractivity contribution in [3.8, 4) is 0 Å². The Hall–Kier alpha value is -2.81. The minimum absolute atomic E-state index is 0.169. The number of guanidine groups is 1. The van der Waals surface area contributed by atoms with Gasteiger partial charge in [0.25, 0.3) is 0 Å². The lowest BCUT2D eigenvalue weighted by molar-refractivity contribution is -0.153. The van der Waals surface area contributed by atoms with E-state index >= 15 is 0 Å². The highest BCUT2D eigenvalue weighted by atomic mass is 35.5. The minimum atomic E-state index is -1.09. The van der Waals surface area contributed by atoms with Crippen molar-refractivity contribution in [3.63, 3.8) is 0 Å². The molecular weight excluding hydrogens is 412 g/mol. The molecule has 0 saturated carbocycles. The number of benzene rings is 1. The van der Waals surface area contributed by atoms with Gasteiger partial charge in [0.15, 0.2) is 5.92 Å². The third-order valence-corrected chi connectivity index (χ3v) is 5.20. The molecule has 2 aliphatic heterocycles. The molecule has 0 radical (unpaired) electrons. The molecule has 10 heteroatoms. The highest BCUT2D eigenvalue weighted by molar-refractivity contribution is 6.30. The summed E-state index contributed by atoms with van der Waals surface area (Å²) in [5, 5.41) is 3.28. The van der Waals surface area contributed by atoms with E-state index in [9.17, 15) is 14.4 Å². The molecule has 30 heavy (non-hydrogen) atoms. The molecule has 0 unspecified atom stereocenters. The first kappa shape index (κ1) is 21.9. The van der Waals surface area contributed by atoms with Crippen LogP contribution < -0.4 is 5.32 Å². The van der Waals surface area contributed by atoms with E-state index in [1.807, 2.05) is 4.90 Å². The van der Waals surface area contributed by atoms with Crippen molar-refractivity contribution in [1.29, 1.82) is 0 Å². The molecule has 2 amide bonds. The lowest BCUT2D eigenvalue weighted by Crippen LogP contribution is -2.58. The number of hydrogen-bond acceptors (Lipinski definition) is 7. The molecule has 1 aromatic rings. The second-order valence-corrected chi connectivity index (χ2v) is 7.28. The van der Waals surface area contributed by atoms with Crippen LogP contribution in [0.5, 0.6) is 0 Å². The predicted molar refractivity (Wildman–Crippen MR) is 110 cm³/mol. The van der Waals surface area contributed by atoms with E-state index in [-0.39, 0.29) is 12.7 Å². The van der Waals surface area contributed by atoms with Crippen LogP contribution in [0.4, 0.5) is 4.79 Å². The van der Waals surface area contributed by atoms with E-state index in [4.69, 9.17) is 21.1 Å². The number of aliphatic imine (C=N–C) groups is 1. The molecule has 0 aliphatic carbocycles. The molecule has 2 atom stereocenters. The van der Waals surface area contributed by atoms with Crippen molar-refractivity contribution < 1.29 is 23.9 Å². The zero-order valence-corrected chi connectivity index (χ0v) is 17.7. The Labute approximate surface area is 180 Å². The molecule has 2 heterocycles. The Morgan fingerprint density at radius 3 is 2.33 bits per heavy atom. The zero-order valence-electron chi connectivity index (χ0n) is 17.0. The van der Waals surface area contributed by atoms with Crippen LogP contribution in [0.15, 0.2) is 29.3 Å². The molecule has 0 bridgehead atoms. The van der Waals surface area contributed by atoms with Gasteiger partial charge in [-0.05, 0) is 31.5 Å². The van der Waals surface area contributed by atoms with Crippen LogP contribution >= 0.6 is 11.6 Å². The van der Waals surface area contributed by atoms with E-state index in [2.05, 4.69) is 10.3 Å². The Bertz CT molecular complexity index is 821. The number of halogens is 1. The lowest BCUT2D eigenvalue weighted by Gasteiger charge is -2.38. The van der Waals surface area contributed by atoms with Gasteiger partial charge in [-0.3, -0.25) is 14.9 Å². The fourth-order valence-electron chi connectivity index (χ4n) is 3.44. The fourth-order valence-corrected chi connectivity index (χ4v) is 3.57. The number of rotatable bonds is 4. The summed E-state index contributed by atoms with van der Waals surface area (Å²) in [6, 6.07) is 6.15. The monoisotopic (exact) mass is 436 g/mol. The van der Waals surface area contributed by atoms with Gasteiger partial charge in [0.2, 0.25) is 11.9 Å². The number of carbonyl (C=O) groups is 3. The molecule has 3 rings (SSSR count). The zero-order chi connectivity index (χ0) is 21.7. The Kier molecular flexibility index (Phi) is 7.15. The number of piperazine rings is 1. The van der Waals surface area contributed by atoms with Crippen molar-refractivity contribution in [1.82, 2.24) is 15.1 Å². The van der Waals surface area contributed by atoms with Crippen molar-refractivity contribution in [2.24, 2.45) is 10.9 Å². The van der Waals surface area contributed by atoms with Gasteiger partial charge in [0.1, 0.15) is 6.04 Å². The van der Waals surface area contributed by atoms with E-state index in [0.29, 0.717) is 49.3 Å². The Morgan fingerprint density at radius 2 is 1.73 bits per heavy atom. The summed E-state index contributed by atoms with van der Waals surface area (Å²) in [6.07, 6.45) is -0.354. The topological polar surface area (TPSA) is 101 Å². The van der Waals surface area contributed by atoms with Gasteiger partial charge in [-0.1, -0.05) is 23.7 Å². The van der Waals surface area contributed by atoms with E-state index in [0.717, 1.165) is 0 Å². The quantitative estimate of drug-likeness (QED) is 0.570. The lowest BCUT2D eigenvalue weighted by atomic mass is 9.91. The summed E-state index contributed by atoms with van der Waals surface area (Å²) >= 11 is 5.98. The first-order valence-corrected chi connectivity index (χ1v) is 10.3. The number of hydrogen-bond donors (Lipinski definition) is 1. The standard InChI is InChI=1S/C20H25ClN4O5/c1-3-29-18(27)15-16(13-5-7-14(21)8-6-13)22-19(23-17(15)26)24-9-11-25(12-10-24)20(28)30-4-2/h5-8,15-16H,3-4,9-12H2,1-2H3,(H,22,23,26)/t15-,16-/m0/s1. The van der Waals surface area contributed by atoms with E-state index in [1.165, 1.54) is 0 Å². The largest absolute Gasteiger partial charge is 0.465 e. The molecule has 2 aliphatic rings. The number of esters is 1. The first-order valence-electron chi connectivity index (χ1n) is 9.92. The van der Waals surface area contributed by atoms with E-state index < -0.39 is 23.8 Å². The summed E-state index contributed by atoms with van der Waals surface area (Å²) in [7, 11) is 0. The van der Waals surface area contributed by atoms with E-state index in [1.54, 1.807) is 43.0 Å². The summed E-state index contributed by atoms with van der Waals surface area (Å²) in [5.41, 5.74) is 0.690. The summed E-state index contributed by atoms with van der Waals surface area (Å²) in [4.78, 5) is 45.4. The van der Waals surface area contributed by atoms with Gasteiger partial charge >= 0.3 is 12.1 Å². The summed E-state index contributed by atoms with van der Waals surface area (Å²) in [6.45, 7) is 5.79. The van der Waals surface area contributed by atoms with Gasteiger partial charge in [-0.25, -0.2) is 9.79 Å². The van der Waals surface area contributed by atoms with Crippen LogP contribution in [0.1, 0.15) is 25.5 Å². The van der Waals surface area contributed by atoms with Gasteiger partial charge in [0.05, 0.1) is 13.2 Å². The highest BCUT2D eigenvalue weighted by Crippen LogP contribution is 2.31. The molecule has 0 spiro atoms. The Morgan fingerprint density at radius 1 is 1.10 bits per heavy atom. The van der Waals surface area contributed by atoms with Gasteiger partial charge in [0, 0.05) is 31.2 Å². The van der Waals surface area contributed by atoms with Gasteiger partial charge in [-0.15, -0.1) is 0 Å². The van der Waals surface area contributed by atoms with Crippen LogP contribution in [0.3, 0.4) is 0 Å². The van der Waals surface area contributed by atoms with Gasteiger partial charge in [-0.2, -0.15) is 0 Å². The van der Waals surface area contributed by atoms with Crippen molar-refractivity contribution in [3.05, 3.63) is 34.9 Å². The third kappa shape index (κ3) is 4.84. The normalized spacial score (nSPS) is 21.6. The average Bonchev–Trinajstić information content (AvgIpc) is 2.74. The second kappa shape index (κ2) is 9.80. The molecule has 9 nitrogen and oxygen atoms in total. The van der Waals surface area contributed by atoms with Crippen LogP contribution in [-0.4, -0.2) is 73.1 Å². The fraction of sp³-hybridized carbons (Fsp3) is 0.500. The predicted octanol–water partition coefficient (Wildman–Crippen LogP) is 1.82. The average molecular weight is 437 g/mol. The number of carbonyl (C=O) groups excluding carboxylic acids is 3. The molecule has 1 saturated heterocycles. The Balaban J connectivity index is 1.82. The maximum absolute atomic E-state index is 12.8. The van der Waals surface area contributed by atoms with Crippen LogP contribution in [0, 0.1) is 5.92 Å². The number of amides is 2. The van der Waals surface area contributed by atoms with Crippen LogP contribution in [0.25, 0.3) is 0 Å². The molecule has 1 aromatic carbocycles. The maximum atomic E-state index is 12.8. The molecular formula is C20H25ClN4O5. The summed E-state index contributed by atoms with van der Waals surface area (Å²) in [5.74, 6) is -1.80. The first-order chi connectivity index (χ1) is 14.4. The maximum Gasteiger partial charge on any atom is 0.409 e. The van der Waals surface area contributed by atoms with Crippen molar-refractivity contribution >= 4 is 35.5 Å². The summed E-state index contributed by atoms with van der Waals surface area (Å²) < 4.78 is 10.1. The van der Waals surface area contributed by atoms with Crippen molar-refractivity contribution in [2.75, 3.05) is 39.4 Å². The van der Waals surface area contributed by atoms with Gasteiger partial charge < -0.3 is 19.3 Å². The van der Waals surface area contributed by atoms with Crippen molar-refractivity contribution in [2.45, 2.75) is 19.9 Å². The highest BCUT2D eigenvalue weighted by Gasteiger charge is 2.42. The molecule has 1 N–H and O–H groups in total. The van der Waals surface area contributed by atoms with Crippen LogP contribution in [0.2, 0.25) is 5.02 Å². The van der Waals surface area contributed by atoms with Crippen LogP contribution in [-0.2, 0) is 19.1 Å². The number of ether oxygens (including phenoxy) is 2. The number of nitrogens with zero attached hydrogens (tertiary/aromatic N) is 3. The molecule has 0 aromatic heterocycles.